The zero-order valence-corrected chi connectivity index (χ0v) is 41.3. The molecule has 4 nitrogen and oxygen atoms in total. The van der Waals surface area contributed by atoms with Gasteiger partial charge in [-0.25, -0.2) is 4.98 Å². The SMILES string of the molecule is CC1(C)c2ccccc2-c2cc3c(cc21)c1ccccc1n3-c1ccc(-n2c3ccccc3c3cc4c(cc32)-c2ccccc2C4(C)C)c(-n2c3ccccc3c3cc4c(cc32)-c2ccccc2C4(C)C)n1. The van der Waals surface area contributed by atoms with Crippen molar-refractivity contribution in [1.29, 1.82) is 0 Å². The Labute approximate surface area is 418 Å². The predicted molar refractivity (Wildman–Crippen MR) is 300 cm³/mol. The van der Waals surface area contributed by atoms with E-state index in [4.69, 9.17) is 4.98 Å². The Kier molecular flexibility index (Phi) is 7.54. The molecule has 0 amide bonds. The van der Waals surface area contributed by atoms with Crippen LogP contribution in [0.2, 0.25) is 0 Å². The van der Waals surface area contributed by atoms with Crippen LogP contribution in [-0.4, -0.2) is 18.7 Å². The van der Waals surface area contributed by atoms with Crippen molar-refractivity contribution >= 4 is 65.4 Å². The van der Waals surface area contributed by atoms with Gasteiger partial charge in [0.2, 0.25) is 0 Å². The van der Waals surface area contributed by atoms with Crippen molar-refractivity contribution < 1.29 is 0 Å². The Morgan fingerprint density at radius 2 is 0.625 bits per heavy atom. The third kappa shape index (κ3) is 4.90. The Morgan fingerprint density at radius 1 is 0.278 bits per heavy atom. The summed E-state index contributed by atoms with van der Waals surface area (Å²) >= 11 is 0. The summed E-state index contributed by atoms with van der Waals surface area (Å²) in [5.74, 6) is 1.76. The van der Waals surface area contributed by atoms with Crippen LogP contribution in [0, 0.1) is 0 Å². The zero-order chi connectivity index (χ0) is 48.2. The molecule has 4 aromatic heterocycles. The number of aromatic nitrogens is 4. The zero-order valence-electron chi connectivity index (χ0n) is 41.3. The molecule has 9 aromatic carbocycles. The molecule has 0 bridgehead atoms. The second kappa shape index (κ2) is 13.5. The molecule has 72 heavy (non-hydrogen) atoms. The summed E-state index contributed by atoms with van der Waals surface area (Å²) in [6.45, 7) is 14.3. The second-order valence-electron chi connectivity index (χ2n) is 22.3. The minimum Gasteiger partial charge on any atom is -0.306 e. The minimum atomic E-state index is -0.143. The minimum absolute atomic E-state index is 0.122. The lowest BCUT2D eigenvalue weighted by Crippen LogP contribution is -2.15. The molecule has 0 saturated carbocycles. The average Bonchev–Trinajstić information content (AvgIpc) is 4.18. The Morgan fingerprint density at radius 3 is 1.07 bits per heavy atom. The molecule has 4 heteroatoms. The molecule has 0 spiro atoms. The Bertz CT molecular complexity index is 4600. The van der Waals surface area contributed by atoms with Gasteiger partial charge in [0.15, 0.2) is 5.82 Å². The summed E-state index contributed by atoms with van der Waals surface area (Å²) in [5.41, 5.74) is 23.6. The maximum atomic E-state index is 6.10. The third-order valence-corrected chi connectivity index (χ3v) is 17.6. The number of pyridine rings is 1. The molecule has 342 valence electrons. The highest BCUT2D eigenvalue weighted by Crippen LogP contribution is 2.55. The normalized spacial score (nSPS) is 15.4. The van der Waals surface area contributed by atoms with Crippen LogP contribution < -0.4 is 0 Å². The van der Waals surface area contributed by atoms with Crippen molar-refractivity contribution in [3.63, 3.8) is 0 Å². The smallest absolute Gasteiger partial charge is 0.164 e. The summed E-state index contributed by atoms with van der Waals surface area (Å²) in [5, 5.41) is 7.39. The van der Waals surface area contributed by atoms with Gasteiger partial charge in [-0.05, 0) is 133 Å². The quantitative estimate of drug-likeness (QED) is 0.173. The summed E-state index contributed by atoms with van der Waals surface area (Å²) < 4.78 is 7.41. The summed E-state index contributed by atoms with van der Waals surface area (Å²) in [6, 6.07) is 73.3. The van der Waals surface area contributed by atoms with Gasteiger partial charge in [0.1, 0.15) is 5.82 Å². The van der Waals surface area contributed by atoms with E-state index in [1.807, 2.05) is 0 Å². The van der Waals surface area contributed by atoms with E-state index in [0.29, 0.717) is 0 Å². The first-order valence-electron chi connectivity index (χ1n) is 25.5. The molecule has 0 N–H and O–H groups in total. The van der Waals surface area contributed by atoms with Crippen molar-refractivity contribution in [2.24, 2.45) is 0 Å². The van der Waals surface area contributed by atoms with Crippen LogP contribution in [-0.2, 0) is 16.2 Å². The maximum absolute atomic E-state index is 6.10. The maximum Gasteiger partial charge on any atom is 0.164 e. The molecule has 0 saturated heterocycles. The fourth-order valence-electron chi connectivity index (χ4n) is 14.1. The van der Waals surface area contributed by atoms with Crippen LogP contribution >= 0.6 is 0 Å². The summed E-state index contributed by atoms with van der Waals surface area (Å²) in [4.78, 5) is 6.10. The average molecular weight is 923 g/mol. The van der Waals surface area contributed by atoms with Gasteiger partial charge in [0.25, 0.3) is 0 Å². The predicted octanol–water partition coefficient (Wildman–Crippen LogP) is 17.3. The van der Waals surface area contributed by atoms with Gasteiger partial charge in [0, 0.05) is 48.6 Å². The Balaban J connectivity index is 1.05. The van der Waals surface area contributed by atoms with Crippen molar-refractivity contribution in [3.8, 4) is 50.7 Å². The van der Waals surface area contributed by atoms with Crippen LogP contribution in [0.1, 0.15) is 74.9 Å². The molecule has 16 rings (SSSR count). The number of fused-ring (bicyclic) bond motifs is 18. The van der Waals surface area contributed by atoms with E-state index in [1.165, 1.54) is 105 Å². The standard InChI is InChI=1S/C68H50N4/c1-66(2)51-25-13-7-19-39(51)45-36-61-48(33-54(45)66)42-22-10-16-28-57(42)70(61)60-31-32-64(71-58-29-17-11-23-43(58)49-34-55-46(37-62(49)71)40-20-8-14-26-52(40)67(55,3)4)69-65(60)72-59-30-18-12-24-44(59)50-35-56-47(38-63(50)72)41-21-9-15-27-53(41)68(56,5)6/h7-38H,1-6H3. The number of benzene rings is 9. The van der Waals surface area contributed by atoms with E-state index < -0.39 is 0 Å². The van der Waals surface area contributed by atoms with Crippen molar-refractivity contribution in [2.75, 3.05) is 0 Å². The molecule has 0 atom stereocenters. The first-order valence-corrected chi connectivity index (χ1v) is 25.5. The first-order chi connectivity index (χ1) is 35.0. The van der Waals surface area contributed by atoms with Gasteiger partial charge in [-0.2, -0.15) is 0 Å². The highest BCUT2D eigenvalue weighted by molar-refractivity contribution is 6.15. The highest BCUT2D eigenvalue weighted by atomic mass is 15.2. The summed E-state index contributed by atoms with van der Waals surface area (Å²) in [6.07, 6.45) is 0. The highest BCUT2D eigenvalue weighted by Gasteiger charge is 2.39. The van der Waals surface area contributed by atoms with Crippen molar-refractivity contribution in [2.45, 2.75) is 57.8 Å². The molecule has 13 aromatic rings. The molecule has 0 aliphatic heterocycles. The van der Waals surface area contributed by atoms with E-state index in [-0.39, 0.29) is 16.2 Å². The molecule has 0 radical (unpaired) electrons. The number of nitrogens with zero attached hydrogens (tertiary/aromatic N) is 4. The van der Waals surface area contributed by atoms with Gasteiger partial charge < -0.3 is 4.57 Å². The molecular formula is C68H50N4. The molecule has 4 heterocycles. The van der Waals surface area contributed by atoms with E-state index in [9.17, 15) is 0 Å². The molecule has 0 fully saturated rings. The van der Waals surface area contributed by atoms with Crippen LogP contribution in [0.5, 0.6) is 0 Å². The van der Waals surface area contributed by atoms with Crippen molar-refractivity contribution in [1.82, 2.24) is 18.7 Å². The van der Waals surface area contributed by atoms with Crippen LogP contribution in [0.25, 0.3) is 116 Å². The van der Waals surface area contributed by atoms with E-state index in [0.717, 1.165) is 44.9 Å². The summed E-state index contributed by atoms with van der Waals surface area (Å²) in [7, 11) is 0. The molecule has 0 unspecified atom stereocenters. The fraction of sp³-hybridized carbons (Fsp3) is 0.132. The fourth-order valence-corrected chi connectivity index (χ4v) is 14.1. The largest absolute Gasteiger partial charge is 0.306 e. The van der Waals surface area contributed by atoms with Gasteiger partial charge in [-0.1, -0.05) is 169 Å². The first kappa shape index (κ1) is 40.3. The van der Waals surface area contributed by atoms with Crippen LogP contribution in [0.4, 0.5) is 0 Å². The molecule has 3 aliphatic rings. The molecular weight excluding hydrogens is 873 g/mol. The lowest BCUT2D eigenvalue weighted by molar-refractivity contribution is 0.661. The molecule has 3 aliphatic carbocycles. The number of para-hydroxylation sites is 3. The van der Waals surface area contributed by atoms with E-state index in [2.05, 4.69) is 249 Å². The van der Waals surface area contributed by atoms with Gasteiger partial charge >= 0.3 is 0 Å². The van der Waals surface area contributed by atoms with Gasteiger partial charge in [0.05, 0.1) is 38.8 Å². The van der Waals surface area contributed by atoms with Crippen LogP contribution in [0.3, 0.4) is 0 Å². The third-order valence-electron chi connectivity index (χ3n) is 17.6. The van der Waals surface area contributed by atoms with Crippen LogP contribution in [0.15, 0.2) is 194 Å². The monoisotopic (exact) mass is 922 g/mol. The lowest BCUT2D eigenvalue weighted by atomic mass is 9.82. The van der Waals surface area contributed by atoms with Crippen molar-refractivity contribution in [3.05, 3.63) is 228 Å². The number of rotatable bonds is 3. The number of hydrogen-bond donors (Lipinski definition) is 0. The number of hydrogen-bond acceptors (Lipinski definition) is 1. The topological polar surface area (TPSA) is 27.7 Å². The Hall–Kier alpha value is -8.47. The van der Waals surface area contributed by atoms with Gasteiger partial charge in [-0.15, -0.1) is 0 Å². The second-order valence-corrected chi connectivity index (χ2v) is 22.3. The van der Waals surface area contributed by atoms with Gasteiger partial charge in [-0.3, -0.25) is 9.13 Å². The van der Waals surface area contributed by atoms with E-state index >= 15 is 0 Å². The van der Waals surface area contributed by atoms with E-state index in [1.54, 1.807) is 0 Å². The lowest BCUT2D eigenvalue weighted by Gasteiger charge is -2.22.